The molecule has 0 aliphatic rings. The van der Waals surface area contributed by atoms with Crippen LogP contribution in [0.3, 0.4) is 0 Å². The first-order valence-corrected chi connectivity index (χ1v) is 13.7. The number of anilines is 1. The highest BCUT2D eigenvalue weighted by Gasteiger charge is 2.25. The van der Waals surface area contributed by atoms with Crippen molar-refractivity contribution in [2.24, 2.45) is 0 Å². The lowest BCUT2D eigenvalue weighted by molar-refractivity contribution is -0.142. The van der Waals surface area contributed by atoms with Crippen LogP contribution in [0.15, 0.2) is 40.9 Å². The zero-order valence-electron chi connectivity index (χ0n) is 22.9. The molecule has 13 nitrogen and oxygen atoms in total. The maximum atomic E-state index is 12.7. The zero-order chi connectivity index (χ0) is 31.6. The van der Waals surface area contributed by atoms with Crippen LogP contribution >= 0.6 is 39.1 Å². The summed E-state index contributed by atoms with van der Waals surface area (Å²) < 4.78 is 10.3. The normalized spacial score (nSPS) is 11.4. The molecule has 4 amide bonds. The van der Waals surface area contributed by atoms with Gasteiger partial charge in [-0.2, -0.15) is 0 Å². The van der Waals surface area contributed by atoms with Crippen molar-refractivity contribution < 1.29 is 33.4 Å². The highest BCUT2D eigenvalue weighted by atomic mass is 79.9. The summed E-state index contributed by atoms with van der Waals surface area (Å²) in [4.78, 5) is 61.7. The number of carbonyl (C=O) groups excluding carboxylic acids is 5. The molecular weight excluding hydrogens is 659 g/mol. The third kappa shape index (κ3) is 11.2. The van der Waals surface area contributed by atoms with Crippen molar-refractivity contribution in [2.45, 2.75) is 32.4 Å². The maximum absolute atomic E-state index is 12.7. The summed E-state index contributed by atoms with van der Waals surface area (Å²) in [6, 6.07) is 7.60. The summed E-state index contributed by atoms with van der Waals surface area (Å²) in [7, 11) is 1.11. The van der Waals surface area contributed by atoms with E-state index in [2.05, 4.69) is 42.5 Å². The van der Waals surface area contributed by atoms with Gasteiger partial charge in [-0.3, -0.25) is 25.1 Å². The Hall–Kier alpha value is -3.88. The van der Waals surface area contributed by atoms with Crippen molar-refractivity contribution in [3.05, 3.63) is 62.0 Å². The van der Waals surface area contributed by atoms with Gasteiger partial charge in [-0.25, -0.2) is 9.59 Å². The monoisotopic (exact) mass is 686 g/mol. The number of alkyl carbamates (subject to hydrolysis) is 1. The number of guanidine groups is 1. The molecule has 6 N–H and O–H groups in total. The summed E-state index contributed by atoms with van der Waals surface area (Å²) in [6.45, 7) is 4.22. The van der Waals surface area contributed by atoms with E-state index in [4.69, 9.17) is 38.1 Å². The molecule has 0 heterocycles. The van der Waals surface area contributed by atoms with E-state index in [1.165, 1.54) is 30.3 Å². The van der Waals surface area contributed by atoms with Gasteiger partial charge in [-0.1, -0.05) is 45.2 Å². The molecule has 0 fully saturated rings. The van der Waals surface area contributed by atoms with Gasteiger partial charge < -0.3 is 30.7 Å². The Morgan fingerprint density at radius 3 is 2.24 bits per heavy atom. The lowest BCUT2D eigenvalue weighted by Crippen LogP contribution is -2.50. The lowest BCUT2D eigenvalue weighted by Gasteiger charge is -2.20. The van der Waals surface area contributed by atoms with Gasteiger partial charge in [0.1, 0.15) is 11.6 Å². The van der Waals surface area contributed by atoms with E-state index in [1.807, 2.05) is 0 Å². The average molecular weight is 688 g/mol. The minimum Gasteiger partial charge on any atom is -0.467 e. The molecule has 16 heteroatoms. The van der Waals surface area contributed by atoms with Crippen LogP contribution in [0.4, 0.5) is 10.5 Å². The first-order chi connectivity index (χ1) is 19.6. The number of carbonyl (C=O) groups is 5. The summed E-state index contributed by atoms with van der Waals surface area (Å²) >= 11 is 15.4. The Morgan fingerprint density at radius 1 is 1.00 bits per heavy atom. The molecule has 0 aliphatic carbocycles. The summed E-state index contributed by atoms with van der Waals surface area (Å²) in [6.07, 6.45) is -0.824. The molecule has 2 aromatic rings. The number of nitrogens with one attached hydrogen (secondary N) is 6. The van der Waals surface area contributed by atoms with Gasteiger partial charge in [-0.15, -0.1) is 0 Å². The Bertz CT molecular complexity index is 1360. The number of hydrogen-bond acceptors (Lipinski definition) is 8. The van der Waals surface area contributed by atoms with Crippen LogP contribution in [0.25, 0.3) is 0 Å². The van der Waals surface area contributed by atoms with E-state index in [0.717, 1.165) is 7.11 Å². The molecule has 0 saturated heterocycles. The van der Waals surface area contributed by atoms with Crippen LogP contribution in [0.1, 0.15) is 41.5 Å². The fourth-order valence-electron chi connectivity index (χ4n) is 3.19. The number of hydrogen-bond donors (Lipinski definition) is 6. The molecule has 0 aliphatic heterocycles. The second-order valence-electron chi connectivity index (χ2n) is 9.49. The van der Waals surface area contributed by atoms with Crippen molar-refractivity contribution in [1.82, 2.24) is 21.3 Å². The molecule has 2 rings (SSSR count). The van der Waals surface area contributed by atoms with Crippen LogP contribution in [0, 0.1) is 5.41 Å². The standard InChI is InChI=1S/C26H29BrCl2N6O7/c1-26(2,3)42-25(40)35-24(30)33-15-7-5-6-13(8-15)21(37)32-12-19(36)31-11-18(23(39)41-4)34-22(38)20-16(28)9-14(27)10-17(20)29/h5-10,18H,11-12H2,1-4H3,(H,31,36)(H,32,37)(H,34,38)(H3,30,33,35,40)/t18-/m0/s1. The van der Waals surface area contributed by atoms with Crippen molar-refractivity contribution in [3.8, 4) is 0 Å². The first kappa shape index (κ1) is 34.3. The van der Waals surface area contributed by atoms with E-state index < -0.39 is 48.0 Å². The molecule has 42 heavy (non-hydrogen) atoms. The summed E-state index contributed by atoms with van der Waals surface area (Å²) in [5.74, 6) is -3.26. The molecule has 0 unspecified atom stereocenters. The molecule has 0 saturated carbocycles. The number of amides is 4. The van der Waals surface area contributed by atoms with E-state index in [9.17, 15) is 24.0 Å². The van der Waals surface area contributed by atoms with Gasteiger partial charge in [0, 0.05) is 22.3 Å². The van der Waals surface area contributed by atoms with Crippen LogP contribution in [0.5, 0.6) is 0 Å². The third-order valence-corrected chi connectivity index (χ3v) is 6.01. The average Bonchev–Trinajstić information content (AvgIpc) is 2.87. The summed E-state index contributed by atoms with van der Waals surface area (Å²) in [5, 5.41) is 20.1. The molecule has 0 bridgehead atoms. The van der Waals surface area contributed by atoms with Gasteiger partial charge in [-0.05, 0) is 51.1 Å². The van der Waals surface area contributed by atoms with E-state index >= 15 is 0 Å². The fraction of sp³-hybridized carbons (Fsp3) is 0.308. The fourth-order valence-corrected chi connectivity index (χ4v) is 4.57. The molecule has 226 valence electrons. The van der Waals surface area contributed by atoms with Crippen molar-refractivity contribution in [1.29, 1.82) is 5.41 Å². The molecule has 0 radical (unpaired) electrons. The van der Waals surface area contributed by atoms with Gasteiger partial charge in [0.25, 0.3) is 11.8 Å². The number of benzene rings is 2. The predicted molar refractivity (Wildman–Crippen MR) is 160 cm³/mol. The number of esters is 1. The van der Waals surface area contributed by atoms with Gasteiger partial charge in [0.15, 0.2) is 0 Å². The van der Waals surface area contributed by atoms with E-state index in [0.29, 0.717) is 10.2 Å². The van der Waals surface area contributed by atoms with Crippen LogP contribution in [0.2, 0.25) is 10.0 Å². The Kier molecular flexibility index (Phi) is 12.6. The lowest BCUT2D eigenvalue weighted by atomic mass is 10.2. The number of rotatable bonds is 9. The van der Waals surface area contributed by atoms with E-state index in [1.54, 1.807) is 26.8 Å². The largest absolute Gasteiger partial charge is 0.467 e. The molecule has 2 aromatic carbocycles. The highest BCUT2D eigenvalue weighted by Crippen LogP contribution is 2.29. The minimum atomic E-state index is -1.29. The van der Waals surface area contributed by atoms with Gasteiger partial charge in [0.05, 0.1) is 29.3 Å². The number of methoxy groups -OCH3 is 1. The number of halogens is 3. The second kappa shape index (κ2) is 15.4. The van der Waals surface area contributed by atoms with Gasteiger partial charge in [0.2, 0.25) is 11.9 Å². The number of ether oxygens (including phenoxy) is 2. The van der Waals surface area contributed by atoms with Crippen LogP contribution in [-0.4, -0.2) is 67.6 Å². The predicted octanol–water partition coefficient (Wildman–Crippen LogP) is 3.44. The van der Waals surface area contributed by atoms with Gasteiger partial charge >= 0.3 is 12.1 Å². The smallest absolute Gasteiger partial charge is 0.414 e. The van der Waals surface area contributed by atoms with Crippen molar-refractivity contribution in [2.75, 3.05) is 25.5 Å². The molecule has 0 aromatic heterocycles. The molecule has 1 atom stereocenters. The second-order valence-corrected chi connectivity index (χ2v) is 11.2. The third-order valence-electron chi connectivity index (χ3n) is 4.96. The topological polar surface area (TPSA) is 188 Å². The van der Waals surface area contributed by atoms with E-state index in [-0.39, 0.29) is 33.7 Å². The zero-order valence-corrected chi connectivity index (χ0v) is 26.0. The summed E-state index contributed by atoms with van der Waals surface area (Å²) in [5.41, 5.74) is -0.344. The van der Waals surface area contributed by atoms with Crippen LogP contribution in [-0.2, 0) is 19.1 Å². The quantitative estimate of drug-likeness (QED) is 0.131. The Labute approximate surface area is 260 Å². The van der Waals surface area contributed by atoms with Crippen molar-refractivity contribution >= 4 is 80.6 Å². The van der Waals surface area contributed by atoms with Crippen molar-refractivity contribution in [3.63, 3.8) is 0 Å². The Balaban J connectivity index is 1.92. The Morgan fingerprint density at radius 2 is 1.64 bits per heavy atom. The minimum absolute atomic E-state index is 0.0395. The highest BCUT2D eigenvalue weighted by molar-refractivity contribution is 9.10. The molecular formula is C26H29BrCl2N6O7. The maximum Gasteiger partial charge on any atom is 0.414 e. The molecule has 0 spiro atoms. The van der Waals surface area contributed by atoms with Crippen LogP contribution < -0.4 is 26.6 Å². The SMILES string of the molecule is COC(=O)[C@H](CNC(=O)CNC(=O)c1cccc(NC(=N)NC(=O)OC(C)(C)C)c1)NC(=O)c1c(Cl)cc(Br)cc1Cl. The first-order valence-electron chi connectivity index (χ1n) is 12.1.